The van der Waals surface area contributed by atoms with E-state index in [1.165, 1.54) is 6.42 Å². The summed E-state index contributed by atoms with van der Waals surface area (Å²) >= 11 is 5.96. The van der Waals surface area contributed by atoms with Crippen LogP contribution < -0.4 is 10.5 Å². The molecule has 0 fully saturated rings. The highest BCUT2D eigenvalue weighted by Gasteiger charge is 2.04. The van der Waals surface area contributed by atoms with Crippen LogP contribution in [0, 0.1) is 5.92 Å². The third kappa shape index (κ3) is 5.42. The molecule has 0 unspecified atom stereocenters. The summed E-state index contributed by atoms with van der Waals surface area (Å²) in [6, 6.07) is 5.73. The van der Waals surface area contributed by atoms with E-state index in [2.05, 4.69) is 13.8 Å². The molecular weight excluding hydrogens is 234 g/mol. The molecule has 0 amide bonds. The van der Waals surface area contributed by atoms with Crippen LogP contribution in [0.15, 0.2) is 18.2 Å². The van der Waals surface area contributed by atoms with Gasteiger partial charge in [-0.2, -0.15) is 0 Å². The molecule has 2 nitrogen and oxygen atoms in total. The molecule has 0 aliphatic carbocycles. The van der Waals surface area contributed by atoms with Gasteiger partial charge in [0.1, 0.15) is 5.75 Å². The van der Waals surface area contributed by atoms with Gasteiger partial charge >= 0.3 is 0 Å². The van der Waals surface area contributed by atoms with Gasteiger partial charge in [-0.3, -0.25) is 0 Å². The van der Waals surface area contributed by atoms with Crippen LogP contribution in [-0.4, -0.2) is 13.2 Å². The first-order chi connectivity index (χ1) is 8.13. The second-order valence-electron chi connectivity index (χ2n) is 4.68. The Morgan fingerprint density at radius 3 is 2.76 bits per heavy atom. The summed E-state index contributed by atoms with van der Waals surface area (Å²) in [4.78, 5) is 0. The maximum Gasteiger partial charge on any atom is 0.122 e. The van der Waals surface area contributed by atoms with Gasteiger partial charge in [-0.05, 0) is 55.5 Å². The Morgan fingerprint density at radius 2 is 2.12 bits per heavy atom. The van der Waals surface area contributed by atoms with E-state index in [0.29, 0.717) is 6.54 Å². The van der Waals surface area contributed by atoms with Crippen LogP contribution in [0.1, 0.15) is 32.3 Å². The number of rotatable bonds is 7. The van der Waals surface area contributed by atoms with Crippen molar-refractivity contribution >= 4 is 11.6 Å². The maximum atomic E-state index is 5.96. The SMILES string of the molecule is CC(C)CCCOc1ccc(Cl)cc1CCN. The van der Waals surface area contributed by atoms with Crippen LogP contribution in [0.2, 0.25) is 5.02 Å². The van der Waals surface area contributed by atoms with Crippen molar-refractivity contribution in [1.29, 1.82) is 0 Å². The molecule has 0 radical (unpaired) electrons. The average molecular weight is 256 g/mol. The quantitative estimate of drug-likeness (QED) is 0.755. The van der Waals surface area contributed by atoms with E-state index in [4.69, 9.17) is 22.1 Å². The van der Waals surface area contributed by atoms with Crippen LogP contribution >= 0.6 is 11.6 Å². The lowest BCUT2D eigenvalue weighted by Crippen LogP contribution is -2.06. The predicted molar refractivity (Wildman–Crippen MR) is 73.8 cm³/mol. The van der Waals surface area contributed by atoms with Gasteiger partial charge in [0.25, 0.3) is 0 Å². The van der Waals surface area contributed by atoms with Crippen LogP contribution in [0.25, 0.3) is 0 Å². The molecular formula is C14H22ClNO. The second kappa shape index (κ2) is 7.57. The third-order valence-electron chi connectivity index (χ3n) is 2.62. The van der Waals surface area contributed by atoms with Crippen molar-refractivity contribution in [3.63, 3.8) is 0 Å². The van der Waals surface area contributed by atoms with Gasteiger partial charge < -0.3 is 10.5 Å². The fourth-order valence-electron chi connectivity index (χ4n) is 1.71. The summed E-state index contributed by atoms with van der Waals surface area (Å²) in [7, 11) is 0. The Labute approximate surface area is 109 Å². The van der Waals surface area contributed by atoms with Crippen molar-refractivity contribution in [2.45, 2.75) is 33.1 Å². The molecule has 0 spiro atoms. The summed E-state index contributed by atoms with van der Waals surface area (Å²) in [5.41, 5.74) is 6.68. The van der Waals surface area contributed by atoms with Gasteiger partial charge in [-0.1, -0.05) is 25.4 Å². The fraction of sp³-hybridized carbons (Fsp3) is 0.571. The van der Waals surface area contributed by atoms with Gasteiger partial charge in [0.15, 0.2) is 0 Å². The van der Waals surface area contributed by atoms with Gasteiger partial charge in [-0.15, -0.1) is 0 Å². The summed E-state index contributed by atoms with van der Waals surface area (Å²) in [5.74, 6) is 1.65. The van der Waals surface area contributed by atoms with E-state index in [9.17, 15) is 0 Å². The van der Waals surface area contributed by atoms with Crippen molar-refractivity contribution in [2.24, 2.45) is 11.7 Å². The van der Waals surface area contributed by atoms with Crippen molar-refractivity contribution < 1.29 is 4.74 Å². The minimum atomic E-state index is 0.614. The smallest absolute Gasteiger partial charge is 0.122 e. The highest BCUT2D eigenvalue weighted by Crippen LogP contribution is 2.23. The van der Waals surface area contributed by atoms with Crippen LogP contribution in [-0.2, 0) is 6.42 Å². The molecule has 0 saturated carbocycles. The highest BCUT2D eigenvalue weighted by molar-refractivity contribution is 6.30. The number of halogens is 1. The first-order valence-electron chi connectivity index (χ1n) is 6.24. The molecule has 0 bridgehead atoms. The van der Waals surface area contributed by atoms with Gasteiger partial charge in [0.2, 0.25) is 0 Å². The Kier molecular flexibility index (Phi) is 6.38. The summed E-state index contributed by atoms with van der Waals surface area (Å²) in [6.07, 6.45) is 3.09. The number of hydrogen-bond donors (Lipinski definition) is 1. The predicted octanol–water partition coefficient (Wildman–Crippen LogP) is 3.66. The van der Waals surface area contributed by atoms with E-state index in [1.54, 1.807) is 0 Å². The van der Waals surface area contributed by atoms with Crippen LogP contribution in [0.5, 0.6) is 5.75 Å². The topological polar surface area (TPSA) is 35.2 Å². The normalized spacial score (nSPS) is 10.9. The van der Waals surface area contributed by atoms with E-state index >= 15 is 0 Å². The van der Waals surface area contributed by atoms with Crippen molar-refractivity contribution in [3.8, 4) is 5.75 Å². The summed E-state index contributed by atoms with van der Waals surface area (Å²) in [6.45, 7) is 5.82. The molecule has 0 aromatic heterocycles. The van der Waals surface area contributed by atoms with Crippen LogP contribution in [0.4, 0.5) is 0 Å². The molecule has 17 heavy (non-hydrogen) atoms. The standard InChI is InChI=1S/C14H22ClNO/c1-11(2)4-3-9-17-14-6-5-13(15)10-12(14)7-8-16/h5-6,10-11H,3-4,7-9,16H2,1-2H3. The van der Waals surface area contributed by atoms with E-state index in [1.807, 2.05) is 18.2 Å². The second-order valence-corrected chi connectivity index (χ2v) is 5.11. The monoisotopic (exact) mass is 255 g/mol. The van der Waals surface area contributed by atoms with E-state index in [-0.39, 0.29) is 0 Å². The van der Waals surface area contributed by atoms with E-state index in [0.717, 1.165) is 41.7 Å². The average Bonchev–Trinajstić information content (AvgIpc) is 2.27. The Hall–Kier alpha value is -0.730. The Bertz CT molecular complexity index is 339. The van der Waals surface area contributed by atoms with Gasteiger partial charge in [-0.25, -0.2) is 0 Å². The number of hydrogen-bond acceptors (Lipinski definition) is 2. The molecule has 1 aromatic carbocycles. The van der Waals surface area contributed by atoms with Crippen molar-refractivity contribution in [1.82, 2.24) is 0 Å². The van der Waals surface area contributed by atoms with Crippen LogP contribution in [0.3, 0.4) is 0 Å². The Balaban J connectivity index is 2.51. The number of benzene rings is 1. The number of nitrogens with two attached hydrogens (primary N) is 1. The molecule has 0 atom stereocenters. The van der Waals surface area contributed by atoms with Gasteiger partial charge in [0.05, 0.1) is 6.61 Å². The lowest BCUT2D eigenvalue weighted by molar-refractivity contribution is 0.295. The number of ether oxygens (including phenoxy) is 1. The largest absolute Gasteiger partial charge is 0.493 e. The van der Waals surface area contributed by atoms with Crippen molar-refractivity contribution in [3.05, 3.63) is 28.8 Å². The molecule has 0 aliphatic rings. The molecule has 96 valence electrons. The molecule has 1 aromatic rings. The molecule has 0 aliphatic heterocycles. The molecule has 2 N–H and O–H groups in total. The zero-order valence-electron chi connectivity index (χ0n) is 10.7. The molecule has 1 rings (SSSR count). The maximum absolute atomic E-state index is 5.96. The first kappa shape index (κ1) is 14.3. The van der Waals surface area contributed by atoms with Gasteiger partial charge in [0, 0.05) is 5.02 Å². The van der Waals surface area contributed by atoms with E-state index < -0.39 is 0 Å². The third-order valence-corrected chi connectivity index (χ3v) is 2.85. The summed E-state index contributed by atoms with van der Waals surface area (Å²) < 4.78 is 5.78. The summed E-state index contributed by atoms with van der Waals surface area (Å²) in [5, 5.41) is 0.739. The van der Waals surface area contributed by atoms with Crippen molar-refractivity contribution in [2.75, 3.05) is 13.2 Å². The zero-order valence-corrected chi connectivity index (χ0v) is 11.5. The molecule has 0 heterocycles. The Morgan fingerprint density at radius 1 is 1.35 bits per heavy atom. The lowest BCUT2D eigenvalue weighted by Gasteiger charge is -2.12. The highest BCUT2D eigenvalue weighted by atomic mass is 35.5. The zero-order chi connectivity index (χ0) is 12.7. The minimum absolute atomic E-state index is 0.614. The minimum Gasteiger partial charge on any atom is -0.493 e. The fourth-order valence-corrected chi connectivity index (χ4v) is 1.91. The molecule has 0 saturated heterocycles. The first-order valence-corrected chi connectivity index (χ1v) is 6.62. The molecule has 3 heteroatoms. The lowest BCUT2D eigenvalue weighted by atomic mass is 10.1.